The van der Waals surface area contributed by atoms with Crippen LogP contribution >= 0.6 is 0 Å². The Morgan fingerprint density at radius 3 is 2.66 bits per heavy atom. The van der Waals surface area contributed by atoms with Crippen LogP contribution in [0.15, 0.2) is 28.8 Å². The molecule has 1 aromatic heterocycles. The van der Waals surface area contributed by atoms with Gasteiger partial charge in [0.25, 0.3) is 0 Å². The van der Waals surface area contributed by atoms with Gasteiger partial charge in [-0.3, -0.25) is 0 Å². The molecule has 0 aliphatic carbocycles. The number of amides is 1. The Labute approximate surface area is 173 Å². The van der Waals surface area contributed by atoms with Crippen LogP contribution in [0.2, 0.25) is 0 Å². The topological polar surface area (TPSA) is 79.5 Å². The number of hydrogen-bond acceptors (Lipinski definition) is 4. The number of aromatic nitrogens is 2. The molecule has 1 atom stereocenters. The third-order valence-corrected chi connectivity index (χ3v) is 5.75. The van der Waals surface area contributed by atoms with E-state index in [0.29, 0.717) is 24.8 Å². The first-order valence-electron chi connectivity index (χ1n) is 11.1. The van der Waals surface area contributed by atoms with Crippen molar-refractivity contribution in [1.29, 1.82) is 0 Å². The molecule has 1 N–H and O–H groups in total. The zero-order chi connectivity index (χ0) is 20.5. The van der Waals surface area contributed by atoms with E-state index in [0.717, 1.165) is 18.4 Å². The summed E-state index contributed by atoms with van der Waals surface area (Å²) in [5.74, 6) is 1.12. The number of rotatable bonds is 11. The molecule has 0 saturated carbocycles. The monoisotopic (exact) mass is 399 g/mol. The van der Waals surface area contributed by atoms with Gasteiger partial charge in [-0.2, -0.15) is 4.98 Å². The van der Waals surface area contributed by atoms with Crippen LogP contribution in [0.1, 0.15) is 82.1 Å². The summed E-state index contributed by atoms with van der Waals surface area (Å²) in [6, 6.07) is 8.36. The van der Waals surface area contributed by atoms with Crippen molar-refractivity contribution >= 4 is 6.09 Å². The summed E-state index contributed by atoms with van der Waals surface area (Å²) in [6.07, 6.45) is 11.5. The van der Waals surface area contributed by atoms with E-state index in [9.17, 15) is 4.79 Å². The molecule has 0 radical (unpaired) electrons. The van der Waals surface area contributed by atoms with Crippen molar-refractivity contribution in [2.24, 2.45) is 0 Å². The molecule has 6 nitrogen and oxygen atoms in total. The smallest absolute Gasteiger partial charge is 0.407 e. The van der Waals surface area contributed by atoms with Crippen molar-refractivity contribution in [2.75, 3.05) is 13.1 Å². The second-order valence-corrected chi connectivity index (χ2v) is 8.10. The molecule has 2 aromatic rings. The van der Waals surface area contributed by atoms with Crippen LogP contribution in [0.3, 0.4) is 0 Å². The molecule has 0 spiro atoms. The second kappa shape index (κ2) is 11.0. The second-order valence-electron chi connectivity index (χ2n) is 8.10. The standard InChI is InChI=1S/C23H33N3O3/c1-2-3-4-5-6-7-8-9-11-18-12-10-13-19(16-18)21-24-22(29-25-21)20-14-15-26(17-20)23(27)28/h10,12-13,16,20H,2-9,11,14-15,17H2,1H3,(H,27,28)/t20-/m1/s1. The molecule has 1 fully saturated rings. The number of benzene rings is 1. The molecule has 0 bridgehead atoms. The fourth-order valence-electron chi connectivity index (χ4n) is 3.98. The molecule has 2 heterocycles. The largest absolute Gasteiger partial charge is 0.465 e. The summed E-state index contributed by atoms with van der Waals surface area (Å²) in [5.41, 5.74) is 2.27. The minimum atomic E-state index is -0.888. The first-order valence-corrected chi connectivity index (χ1v) is 11.1. The van der Waals surface area contributed by atoms with Gasteiger partial charge in [0.15, 0.2) is 0 Å². The molecular weight excluding hydrogens is 366 g/mol. The van der Waals surface area contributed by atoms with Gasteiger partial charge >= 0.3 is 6.09 Å². The summed E-state index contributed by atoms with van der Waals surface area (Å²) in [4.78, 5) is 17.0. The van der Waals surface area contributed by atoms with Crippen LogP contribution in [0.4, 0.5) is 4.79 Å². The van der Waals surface area contributed by atoms with E-state index in [4.69, 9.17) is 9.63 Å². The Hall–Kier alpha value is -2.37. The Bertz CT molecular complexity index is 774. The zero-order valence-corrected chi connectivity index (χ0v) is 17.5. The van der Waals surface area contributed by atoms with Crippen LogP contribution in [0, 0.1) is 0 Å². The minimum absolute atomic E-state index is 0.00661. The van der Waals surface area contributed by atoms with Gasteiger partial charge in [-0.15, -0.1) is 0 Å². The number of hydrogen-bond donors (Lipinski definition) is 1. The van der Waals surface area contributed by atoms with Crippen molar-refractivity contribution < 1.29 is 14.4 Å². The van der Waals surface area contributed by atoms with Crippen molar-refractivity contribution in [2.45, 2.75) is 77.0 Å². The summed E-state index contributed by atoms with van der Waals surface area (Å²) < 4.78 is 5.44. The van der Waals surface area contributed by atoms with E-state index in [-0.39, 0.29) is 5.92 Å². The third-order valence-electron chi connectivity index (χ3n) is 5.75. The number of aryl methyl sites for hydroxylation is 1. The normalized spacial score (nSPS) is 16.4. The number of carbonyl (C=O) groups is 1. The van der Waals surface area contributed by atoms with E-state index >= 15 is 0 Å². The molecule has 0 unspecified atom stereocenters. The highest BCUT2D eigenvalue weighted by molar-refractivity contribution is 5.65. The van der Waals surface area contributed by atoms with Gasteiger partial charge in [0.05, 0.1) is 5.92 Å². The fourth-order valence-corrected chi connectivity index (χ4v) is 3.98. The lowest BCUT2D eigenvalue weighted by atomic mass is 10.0. The maximum absolute atomic E-state index is 11.1. The molecule has 1 aromatic carbocycles. The number of nitrogens with zero attached hydrogens (tertiary/aromatic N) is 3. The average molecular weight is 400 g/mol. The number of carboxylic acid groups (broad SMARTS) is 1. The number of likely N-dealkylation sites (tertiary alicyclic amines) is 1. The zero-order valence-electron chi connectivity index (χ0n) is 17.5. The summed E-state index contributed by atoms with van der Waals surface area (Å²) >= 11 is 0. The van der Waals surface area contributed by atoms with Crippen LogP contribution < -0.4 is 0 Å². The quantitative estimate of drug-likeness (QED) is 0.477. The summed E-state index contributed by atoms with van der Waals surface area (Å²) in [6.45, 7) is 3.20. The summed E-state index contributed by atoms with van der Waals surface area (Å²) in [5, 5.41) is 13.2. The highest BCUT2D eigenvalue weighted by Crippen LogP contribution is 2.28. The lowest BCUT2D eigenvalue weighted by Gasteiger charge is -2.09. The summed E-state index contributed by atoms with van der Waals surface area (Å²) in [7, 11) is 0. The molecule has 3 rings (SSSR count). The predicted octanol–water partition coefficient (Wildman–Crippen LogP) is 5.89. The maximum atomic E-state index is 11.1. The Morgan fingerprint density at radius 1 is 1.17 bits per heavy atom. The van der Waals surface area contributed by atoms with Crippen molar-refractivity contribution in [1.82, 2.24) is 15.0 Å². The first kappa shape index (κ1) is 21.3. The molecule has 1 aliphatic rings. The lowest BCUT2D eigenvalue weighted by Crippen LogP contribution is -2.26. The molecule has 158 valence electrons. The van der Waals surface area contributed by atoms with E-state index < -0.39 is 6.09 Å². The Morgan fingerprint density at radius 2 is 1.93 bits per heavy atom. The molecule has 1 amide bonds. The molecule has 1 aliphatic heterocycles. The van der Waals surface area contributed by atoms with Crippen molar-refractivity contribution in [3.63, 3.8) is 0 Å². The average Bonchev–Trinajstić information content (AvgIpc) is 3.40. The Balaban J connectivity index is 1.47. The van der Waals surface area contributed by atoms with E-state index in [1.54, 1.807) is 0 Å². The minimum Gasteiger partial charge on any atom is -0.465 e. The van der Waals surface area contributed by atoms with Gasteiger partial charge in [-0.25, -0.2) is 4.79 Å². The SMILES string of the molecule is CCCCCCCCCCc1cccc(-c2noc([C@@H]3CCN(C(=O)O)C3)n2)c1. The third kappa shape index (κ3) is 6.31. The maximum Gasteiger partial charge on any atom is 0.407 e. The number of unbranched alkanes of at least 4 members (excludes halogenated alkanes) is 7. The van der Waals surface area contributed by atoms with Gasteiger partial charge in [0, 0.05) is 18.7 Å². The van der Waals surface area contributed by atoms with Gasteiger partial charge in [-0.05, 0) is 30.9 Å². The van der Waals surface area contributed by atoms with Gasteiger partial charge in [-0.1, -0.05) is 75.2 Å². The van der Waals surface area contributed by atoms with E-state index in [1.807, 2.05) is 12.1 Å². The van der Waals surface area contributed by atoms with Gasteiger partial charge in [0.1, 0.15) is 0 Å². The molecule has 29 heavy (non-hydrogen) atoms. The van der Waals surface area contributed by atoms with Crippen LogP contribution in [-0.4, -0.2) is 39.3 Å². The van der Waals surface area contributed by atoms with Crippen LogP contribution in [0.25, 0.3) is 11.4 Å². The van der Waals surface area contributed by atoms with E-state index in [2.05, 4.69) is 29.2 Å². The fraction of sp³-hybridized carbons (Fsp3) is 0.609. The highest BCUT2D eigenvalue weighted by Gasteiger charge is 2.31. The Kier molecular flexibility index (Phi) is 8.08. The van der Waals surface area contributed by atoms with Crippen LogP contribution in [0.5, 0.6) is 0 Å². The van der Waals surface area contributed by atoms with Crippen molar-refractivity contribution in [3.8, 4) is 11.4 Å². The molecule has 6 heteroatoms. The predicted molar refractivity (Wildman–Crippen MR) is 113 cm³/mol. The lowest BCUT2D eigenvalue weighted by molar-refractivity contribution is 0.154. The van der Waals surface area contributed by atoms with Crippen molar-refractivity contribution in [3.05, 3.63) is 35.7 Å². The van der Waals surface area contributed by atoms with E-state index in [1.165, 1.54) is 61.8 Å². The van der Waals surface area contributed by atoms with Gasteiger partial charge in [0.2, 0.25) is 11.7 Å². The highest BCUT2D eigenvalue weighted by atomic mass is 16.5. The van der Waals surface area contributed by atoms with Gasteiger partial charge < -0.3 is 14.5 Å². The molecular formula is C23H33N3O3. The van der Waals surface area contributed by atoms with Crippen LogP contribution in [-0.2, 0) is 6.42 Å². The molecule has 1 saturated heterocycles. The first-order chi connectivity index (χ1) is 14.2.